The smallest absolute Gasteiger partial charge is 0.480 e. The van der Waals surface area contributed by atoms with E-state index in [0.717, 1.165) is 11.1 Å². The third kappa shape index (κ3) is 4.47. The number of nitrogens with one attached hydrogen (secondary N) is 1. The van der Waals surface area contributed by atoms with Gasteiger partial charge in [-0.15, -0.1) is 0 Å². The molecule has 0 saturated carbocycles. The van der Waals surface area contributed by atoms with Crippen LogP contribution in [-0.2, 0) is 14.8 Å². The van der Waals surface area contributed by atoms with Crippen LogP contribution in [-0.4, -0.2) is 42.4 Å². The molecule has 2 rings (SSSR count). The van der Waals surface area contributed by atoms with Gasteiger partial charge in [-0.05, 0) is 0 Å². The predicted molar refractivity (Wildman–Crippen MR) is 96.6 cm³/mol. The van der Waals surface area contributed by atoms with E-state index in [9.17, 15) is 13.2 Å². The van der Waals surface area contributed by atoms with Gasteiger partial charge in [0.25, 0.3) is 0 Å². The van der Waals surface area contributed by atoms with Gasteiger partial charge in [0, 0.05) is 0 Å². The molecule has 0 aliphatic heterocycles. The minimum Gasteiger partial charge on any atom is -0.480 e. The molecule has 0 spiro atoms. The van der Waals surface area contributed by atoms with Crippen molar-refractivity contribution in [1.29, 1.82) is 0 Å². The Balaban J connectivity index is 2.26. The van der Waals surface area contributed by atoms with Crippen LogP contribution in [0.2, 0.25) is 0 Å². The molecule has 128 valence electrons. The molecule has 0 aliphatic rings. The number of carboxylic acid groups (broad SMARTS) is 1. The fourth-order valence-electron chi connectivity index (χ4n) is 2.21. The summed E-state index contributed by atoms with van der Waals surface area (Å²) in [5, 5.41) is 9.14. The van der Waals surface area contributed by atoms with Crippen molar-refractivity contribution in [3.05, 3.63) is 48.5 Å². The number of aliphatic carboxylic acids is 1. The Hall–Kier alpha value is -1.62. The van der Waals surface area contributed by atoms with Gasteiger partial charge in [-0.1, -0.05) is 13.8 Å². The first-order chi connectivity index (χ1) is 11.2. The van der Waals surface area contributed by atoms with E-state index >= 15 is 0 Å². The first kappa shape index (κ1) is 18.7. The van der Waals surface area contributed by atoms with Gasteiger partial charge in [0.15, 0.2) is 0 Å². The molecule has 0 heterocycles. The summed E-state index contributed by atoms with van der Waals surface area (Å²) >= 11 is 1.54. The van der Waals surface area contributed by atoms with Crippen molar-refractivity contribution >= 4 is 37.2 Å². The van der Waals surface area contributed by atoms with Crippen molar-refractivity contribution in [3.63, 3.8) is 0 Å². The quantitative estimate of drug-likeness (QED) is 0.698. The first-order valence-electron chi connectivity index (χ1n) is 7.42. The second-order valence-corrected chi connectivity index (χ2v) is 8.94. The Morgan fingerprint density at radius 1 is 1.00 bits per heavy atom. The number of rotatable bonds is 6. The third-order valence-electron chi connectivity index (χ3n) is 3.62. The average molecular weight is 409 g/mol. The van der Waals surface area contributed by atoms with Gasteiger partial charge < -0.3 is 5.11 Å². The molecule has 0 amide bonds. The molecular formula is C17H20AsNO4S. The Kier molecular flexibility index (Phi) is 5.86. The SMILES string of the molecule is CC(C)[C@H](NS(=O)(=O)c1ccc(-c2ccc([AsH2])cc2)cc1)C(=O)O. The van der Waals surface area contributed by atoms with Crippen LogP contribution in [0.3, 0.4) is 0 Å². The monoisotopic (exact) mass is 409 g/mol. The normalized spacial score (nSPS) is 13.0. The van der Waals surface area contributed by atoms with Crippen molar-refractivity contribution < 1.29 is 18.3 Å². The summed E-state index contributed by atoms with van der Waals surface area (Å²) in [6, 6.07) is 13.2. The van der Waals surface area contributed by atoms with Crippen molar-refractivity contribution in [2.24, 2.45) is 5.92 Å². The van der Waals surface area contributed by atoms with Gasteiger partial charge in [0.2, 0.25) is 0 Å². The first-order valence-corrected chi connectivity index (χ1v) is 10.1. The van der Waals surface area contributed by atoms with Gasteiger partial charge in [-0.3, -0.25) is 4.79 Å². The van der Waals surface area contributed by atoms with Crippen LogP contribution in [0.1, 0.15) is 13.8 Å². The van der Waals surface area contributed by atoms with Gasteiger partial charge in [-0.25, -0.2) is 0 Å². The Bertz CT molecular complexity index is 815. The van der Waals surface area contributed by atoms with E-state index < -0.39 is 22.0 Å². The van der Waals surface area contributed by atoms with E-state index in [4.69, 9.17) is 5.11 Å². The van der Waals surface area contributed by atoms with Gasteiger partial charge in [0.05, 0.1) is 0 Å². The molecule has 0 radical (unpaired) electrons. The zero-order chi connectivity index (χ0) is 17.9. The van der Waals surface area contributed by atoms with Gasteiger partial charge >= 0.3 is 127 Å². The molecule has 2 aromatic carbocycles. The molecule has 7 heteroatoms. The van der Waals surface area contributed by atoms with E-state index in [2.05, 4.69) is 4.72 Å². The number of hydrogen-bond acceptors (Lipinski definition) is 3. The number of benzene rings is 2. The molecule has 2 atom stereocenters. The molecule has 0 bridgehead atoms. The van der Waals surface area contributed by atoms with E-state index in [0.29, 0.717) is 0 Å². The summed E-state index contributed by atoms with van der Waals surface area (Å²) in [4.78, 5) is 11.2. The molecule has 2 aromatic rings. The summed E-state index contributed by atoms with van der Waals surface area (Å²) in [5.41, 5.74) is 1.90. The van der Waals surface area contributed by atoms with Crippen LogP contribution < -0.4 is 9.07 Å². The Labute approximate surface area is 150 Å². The predicted octanol–water partition coefficient (Wildman–Crippen LogP) is 1.000. The molecule has 0 saturated heterocycles. The standard InChI is InChI=1S/C17H20AsNO4S/c1-11(2)16(17(20)21)19-24(22,23)15-9-5-13(6-10-15)12-3-7-14(18)8-4-12/h3-11,16,19H,18H2,1-2H3,(H,20,21)/t16-/m0/s1. The molecule has 2 N–H and O–H groups in total. The third-order valence-corrected chi connectivity index (χ3v) is 5.89. The number of hydrogen-bond donors (Lipinski definition) is 2. The zero-order valence-electron chi connectivity index (χ0n) is 13.4. The summed E-state index contributed by atoms with van der Waals surface area (Å²) in [6.45, 7) is 3.31. The van der Waals surface area contributed by atoms with Gasteiger partial charge in [0.1, 0.15) is 0 Å². The molecule has 0 aliphatic carbocycles. The van der Waals surface area contributed by atoms with Crippen LogP contribution in [0, 0.1) is 5.92 Å². The second-order valence-electron chi connectivity index (χ2n) is 5.83. The summed E-state index contributed by atoms with van der Waals surface area (Å²) in [6.07, 6.45) is 0. The molecule has 0 fully saturated rings. The van der Waals surface area contributed by atoms with Crippen molar-refractivity contribution in [2.45, 2.75) is 24.8 Å². The fraction of sp³-hybridized carbons (Fsp3) is 0.235. The van der Waals surface area contributed by atoms with Crippen LogP contribution in [0.5, 0.6) is 0 Å². The zero-order valence-corrected chi connectivity index (χ0v) is 16.7. The van der Waals surface area contributed by atoms with Crippen LogP contribution in [0.4, 0.5) is 0 Å². The molecular weight excluding hydrogens is 389 g/mol. The number of carbonyl (C=O) groups is 1. The van der Waals surface area contributed by atoms with Crippen molar-refractivity contribution in [1.82, 2.24) is 4.72 Å². The minimum atomic E-state index is -3.88. The summed E-state index contributed by atoms with van der Waals surface area (Å²) in [7, 11) is -3.88. The van der Waals surface area contributed by atoms with Crippen molar-refractivity contribution in [2.75, 3.05) is 0 Å². The number of carboxylic acids is 1. The Morgan fingerprint density at radius 3 is 1.88 bits per heavy atom. The molecule has 5 nitrogen and oxygen atoms in total. The summed E-state index contributed by atoms with van der Waals surface area (Å²) < 4.78 is 28.2. The average Bonchev–Trinajstić information content (AvgIpc) is 2.53. The topological polar surface area (TPSA) is 83.5 Å². The van der Waals surface area contributed by atoms with Crippen LogP contribution in [0.15, 0.2) is 53.4 Å². The van der Waals surface area contributed by atoms with Crippen LogP contribution in [0.25, 0.3) is 11.1 Å². The molecule has 0 aromatic heterocycles. The molecule has 24 heavy (non-hydrogen) atoms. The maximum atomic E-state index is 12.4. The minimum absolute atomic E-state index is 0.0496. The van der Waals surface area contributed by atoms with E-state index in [-0.39, 0.29) is 10.8 Å². The van der Waals surface area contributed by atoms with Crippen LogP contribution >= 0.6 is 0 Å². The summed E-state index contributed by atoms with van der Waals surface area (Å²) in [5.74, 6) is -1.54. The maximum absolute atomic E-state index is 12.4. The van der Waals surface area contributed by atoms with Crippen molar-refractivity contribution in [3.8, 4) is 11.1 Å². The van der Waals surface area contributed by atoms with E-state index in [1.807, 2.05) is 24.3 Å². The van der Waals surface area contributed by atoms with Gasteiger partial charge in [-0.2, -0.15) is 0 Å². The Morgan fingerprint density at radius 2 is 1.46 bits per heavy atom. The van der Waals surface area contributed by atoms with E-state index in [1.54, 1.807) is 42.8 Å². The van der Waals surface area contributed by atoms with E-state index in [1.165, 1.54) is 16.5 Å². The second kappa shape index (κ2) is 7.51. The fourth-order valence-corrected chi connectivity index (χ4v) is 3.95. The molecule has 1 unspecified atom stereocenters. The number of sulfonamides is 1.